The fourth-order valence-corrected chi connectivity index (χ4v) is 7.17. The summed E-state index contributed by atoms with van der Waals surface area (Å²) < 4.78 is 6.73. The van der Waals surface area contributed by atoms with Gasteiger partial charge in [-0.15, -0.1) is 0 Å². The molecule has 0 radical (unpaired) electrons. The normalized spacial score (nSPS) is 11.5. The molecule has 0 atom stereocenters. The Morgan fingerprint density at radius 3 is 1.67 bits per heavy atom. The van der Waals surface area contributed by atoms with Crippen molar-refractivity contribution in [3.63, 3.8) is 0 Å². The third kappa shape index (κ3) is 5.04. The summed E-state index contributed by atoms with van der Waals surface area (Å²) in [6.07, 6.45) is 0. The average Bonchev–Trinajstić information content (AvgIpc) is 3.59. The van der Waals surface area contributed by atoms with Crippen LogP contribution in [0.3, 0.4) is 0 Å². The molecule has 0 aliphatic heterocycles. The van der Waals surface area contributed by atoms with Gasteiger partial charge in [-0.3, -0.25) is 0 Å². The molecule has 0 amide bonds. The number of hydrogen-bond donors (Lipinski definition) is 0. The molecule has 0 unspecified atom stereocenters. The first-order chi connectivity index (χ1) is 25.3. The molecule has 0 aliphatic carbocycles. The molecule has 3 heterocycles. The van der Waals surface area contributed by atoms with Crippen molar-refractivity contribution in [1.29, 1.82) is 0 Å². The van der Waals surface area contributed by atoms with E-state index < -0.39 is 0 Å². The first-order valence-corrected chi connectivity index (χ1v) is 17.1. The molecular weight excluding hydrogens is 623 g/mol. The zero-order chi connectivity index (χ0) is 33.7. The van der Waals surface area contributed by atoms with Gasteiger partial charge in [-0.2, -0.15) is 0 Å². The largest absolute Gasteiger partial charge is 0.455 e. The molecule has 7 aromatic carbocycles. The van der Waals surface area contributed by atoms with Crippen LogP contribution in [-0.2, 0) is 0 Å². The molecule has 51 heavy (non-hydrogen) atoms. The molecule has 0 spiro atoms. The van der Waals surface area contributed by atoms with Crippen LogP contribution in [0, 0.1) is 0 Å². The minimum Gasteiger partial charge on any atom is -0.455 e. The fourth-order valence-electron chi connectivity index (χ4n) is 7.17. The monoisotopic (exact) mass is 651 g/mol. The smallest absolute Gasteiger partial charge is 0.160 e. The van der Waals surface area contributed by atoms with Crippen LogP contribution in [0.2, 0.25) is 0 Å². The van der Waals surface area contributed by atoms with E-state index in [2.05, 4.69) is 140 Å². The van der Waals surface area contributed by atoms with Crippen molar-refractivity contribution in [2.24, 2.45) is 0 Å². The van der Waals surface area contributed by atoms with Crippen LogP contribution < -0.4 is 0 Å². The third-order valence-corrected chi connectivity index (χ3v) is 9.69. The highest BCUT2D eigenvalue weighted by Gasteiger charge is 2.18. The summed E-state index contributed by atoms with van der Waals surface area (Å²) in [5, 5.41) is 5.31. The third-order valence-electron chi connectivity index (χ3n) is 9.69. The minimum absolute atomic E-state index is 0.686. The Balaban J connectivity index is 1.15. The molecule has 0 aliphatic rings. The summed E-state index contributed by atoms with van der Waals surface area (Å²) >= 11 is 0. The summed E-state index contributed by atoms with van der Waals surface area (Å²) in [6, 6.07) is 60.7. The molecule has 10 rings (SSSR count). The molecule has 0 N–H and O–H groups in total. The fraction of sp³-hybridized carbons (Fsp3) is 0. The maximum Gasteiger partial charge on any atom is 0.160 e. The first-order valence-electron chi connectivity index (χ1n) is 17.1. The van der Waals surface area contributed by atoms with E-state index in [0.717, 1.165) is 82.9 Å². The number of furan rings is 1. The lowest BCUT2D eigenvalue weighted by molar-refractivity contribution is 0.673. The molecule has 0 fully saturated rings. The Hall–Kier alpha value is -6.91. The zero-order valence-electron chi connectivity index (χ0n) is 27.5. The number of rotatable bonds is 5. The van der Waals surface area contributed by atoms with Gasteiger partial charge in [-0.25, -0.2) is 15.0 Å². The van der Waals surface area contributed by atoms with Crippen LogP contribution in [0.4, 0.5) is 0 Å². The van der Waals surface area contributed by atoms with E-state index in [-0.39, 0.29) is 0 Å². The summed E-state index contributed by atoms with van der Waals surface area (Å²) in [5.74, 6) is 0.686. The van der Waals surface area contributed by atoms with E-state index in [1.165, 1.54) is 11.1 Å². The van der Waals surface area contributed by atoms with Crippen molar-refractivity contribution in [1.82, 2.24) is 15.0 Å². The van der Waals surface area contributed by atoms with Gasteiger partial charge in [0.15, 0.2) is 5.82 Å². The molecule has 3 aromatic heterocycles. The van der Waals surface area contributed by atoms with Crippen LogP contribution in [0.5, 0.6) is 0 Å². The SMILES string of the molecule is c1ccc(-c2ccc(-c3cc(-c4ccc5oc6c(ccc7c(-c8ccccc8)nc8ccccc8c76)c5c4)nc(-c4ccccc4)n3)cc2)cc1. The van der Waals surface area contributed by atoms with Gasteiger partial charge in [-0.1, -0.05) is 140 Å². The summed E-state index contributed by atoms with van der Waals surface area (Å²) in [4.78, 5) is 15.3. The average molecular weight is 652 g/mol. The molecule has 0 bridgehead atoms. The van der Waals surface area contributed by atoms with Gasteiger partial charge in [0.05, 0.1) is 22.6 Å². The Bertz CT molecular complexity index is 2880. The van der Waals surface area contributed by atoms with Crippen molar-refractivity contribution in [3.8, 4) is 56.3 Å². The van der Waals surface area contributed by atoms with Crippen LogP contribution in [0.1, 0.15) is 0 Å². The lowest BCUT2D eigenvalue weighted by Crippen LogP contribution is -1.96. The predicted octanol–water partition coefficient (Wildman–Crippen LogP) is 12.4. The van der Waals surface area contributed by atoms with Crippen LogP contribution in [-0.4, -0.2) is 15.0 Å². The summed E-state index contributed by atoms with van der Waals surface area (Å²) in [6.45, 7) is 0. The number of hydrogen-bond acceptors (Lipinski definition) is 4. The van der Waals surface area contributed by atoms with Gasteiger partial charge < -0.3 is 4.42 Å². The van der Waals surface area contributed by atoms with Crippen molar-refractivity contribution >= 4 is 43.6 Å². The van der Waals surface area contributed by atoms with Crippen LogP contribution >= 0.6 is 0 Å². The van der Waals surface area contributed by atoms with Crippen molar-refractivity contribution in [2.45, 2.75) is 0 Å². The standard InChI is InChI=1S/C47H29N3O/c1-4-12-30(13-5-1)31-20-22-32(23-21-31)41-29-42(50-47(49-41)34-16-8-3-9-17-34)35-24-27-43-39(28-35)36-25-26-38-44(46(36)51-43)37-18-10-11-19-40(37)48-45(38)33-14-6-2-7-15-33/h1-29H. The predicted molar refractivity (Wildman–Crippen MR) is 209 cm³/mol. The lowest BCUT2D eigenvalue weighted by Gasteiger charge is -2.11. The van der Waals surface area contributed by atoms with Gasteiger partial charge in [0.1, 0.15) is 11.2 Å². The van der Waals surface area contributed by atoms with Gasteiger partial charge in [-0.05, 0) is 47.5 Å². The maximum absolute atomic E-state index is 6.73. The van der Waals surface area contributed by atoms with Crippen molar-refractivity contribution in [2.75, 3.05) is 0 Å². The second-order valence-corrected chi connectivity index (χ2v) is 12.8. The Labute approximate surface area is 294 Å². The van der Waals surface area contributed by atoms with E-state index in [1.54, 1.807) is 0 Å². The van der Waals surface area contributed by atoms with Gasteiger partial charge in [0, 0.05) is 49.2 Å². The number of pyridine rings is 1. The second-order valence-electron chi connectivity index (χ2n) is 12.8. The quantitative estimate of drug-likeness (QED) is 0.174. The maximum atomic E-state index is 6.73. The highest BCUT2D eigenvalue weighted by atomic mass is 16.3. The molecule has 10 aromatic rings. The molecule has 0 saturated heterocycles. The highest BCUT2D eigenvalue weighted by Crippen LogP contribution is 2.41. The number of aromatic nitrogens is 3. The Morgan fingerprint density at radius 1 is 0.353 bits per heavy atom. The molecular formula is C47H29N3O. The van der Waals surface area contributed by atoms with E-state index in [1.807, 2.05) is 36.4 Å². The molecule has 238 valence electrons. The summed E-state index contributed by atoms with van der Waals surface area (Å²) in [7, 11) is 0. The zero-order valence-corrected chi connectivity index (χ0v) is 27.5. The minimum atomic E-state index is 0.686. The Morgan fingerprint density at radius 2 is 0.922 bits per heavy atom. The van der Waals surface area contributed by atoms with E-state index in [0.29, 0.717) is 5.82 Å². The van der Waals surface area contributed by atoms with Gasteiger partial charge >= 0.3 is 0 Å². The number of benzene rings is 7. The molecule has 0 saturated carbocycles. The molecule has 4 heteroatoms. The van der Waals surface area contributed by atoms with Crippen molar-refractivity contribution < 1.29 is 4.42 Å². The van der Waals surface area contributed by atoms with Crippen LogP contribution in [0.25, 0.3) is 99.9 Å². The summed E-state index contributed by atoms with van der Waals surface area (Å²) in [5.41, 5.74) is 11.7. The second kappa shape index (κ2) is 11.9. The van der Waals surface area contributed by atoms with E-state index in [4.69, 9.17) is 19.4 Å². The number of fused-ring (bicyclic) bond motifs is 7. The Kier molecular flexibility index (Phi) is 6.78. The van der Waals surface area contributed by atoms with E-state index >= 15 is 0 Å². The lowest BCUT2D eigenvalue weighted by atomic mass is 9.97. The number of para-hydroxylation sites is 1. The van der Waals surface area contributed by atoms with Gasteiger partial charge in [0.25, 0.3) is 0 Å². The van der Waals surface area contributed by atoms with Crippen molar-refractivity contribution in [3.05, 3.63) is 176 Å². The number of nitrogens with zero attached hydrogens (tertiary/aromatic N) is 3. The van der Waals surface area contributed by atoms with Gasteiger partial charge in [0.2, 0.25) is 0 Å². The topological polar surface area (TPSA) is 51.8 Å². The van der Waals surface area contributed by atoms with E-state index in [9.17, 15) is 0 Å². The first kappa shape index (κ1) is 29.0. The van der Waals surface area contributed by atoms with Crippen LogP contribution in [0.15, 0.2) is 180 Å². The molecule has 4 nitrogen and oxygen atoms in total. The highest BCUT2D eigenvalue weighted by molar-refractivity contribution is 6.24.